The van der Waals surface area contributed by atoms with Gasteiger partial charge in [-0.1, -0.05) is 91.9 Å². The number of rotatable bonds is 1. The van der Waals surface area contributed by atoms with Crippen LogP contribution in [-0.2, 0) is 5.41 Å². The van der Waals surface area contributed by atoms with E-state index in [0.29, 0.717) is 0 Å². The van der Waals surface area contributed by atoms with Crippen molar-refractivity contribution < 1.29 is 0 Å². The van der Waals surface area contributed by atoms with Crippen molar-refractivity contribution in [1.29, 1.82) is 0 Å². The topological polar surface area (TPSA) is 17.8 Å². The Bertz CT molecular complexity index is 1950. The SMILES string of the molecule is CC1(C)c2ccccc2-c2cc3ccc4c5ccccc5n(-c5nc6ccccc6s5)c4c3cc21. The van der Waals surface area contributed by atoms with E-state index in [1.807, 2.05) is 0 Å². The molecule has 35 heavy (non-hydrogen) atoms. The molecule has 2 aromatic heterocycles. The van der Waals surface area contributed by atoms with E-state index in [1.54, 1.807) is 11.3 Å². The molecule has 7 aromatic rings. The zero-order chi connectivity index (χ0) is 23.3. The molecular formula is C32H22N2S. The Hall–Kier alpha value is -3.95. The van der Waals surface area contributed by atoms with Crippen molar-refractivity contribution in [3.63, 3.8) is 0 Å². The van der Waals surface area contributed by atoms with E-state index < -0.39 is 0 Å². The van der Waals surface area contributed by atoms with Crippen LogP contribution < -0.4 is 0 Å². The third-order valence-electron chi connectivity index (χ3n) is 7.83. The highest BCUT2D eigenvalue weighted by Crippen LogP contribution is 2.50. The van der Waals surface area contributed by atoms with Gasteiger partial charge in [-0.05, 0) is 58.0 Å². The summed E-state index contributed by atoms with van der Waals surface area (Å²) >= 11 is 1.76. The zero-order valence-electron chi connectivity index (χ0n) is 19.5. The standard InChI is InChI=1S/C32H22N2S/c1-32(2)25-11-5-3-9-20(25)24-17-19-15-16-22-21-10-4-7-13-28(21)34(30(22)23(19)18-26(24)32)31-33-27-12-6-8-14-29(27)35-31/h3-18H,1-2H3. The third kappa shape index (κ3) is 2.46. The molecule has 0 radical (unpaired) electrons. The van der Waals surface area contributed by atoms with Gasteiger partial charge in [-0.3, -0.25) is 4.57 Å². The summed E-state index contributed by atoms with van der Waals surface area (Å²) in [5, 5.41) is 6.13. The lowest BCUT2D eigenvalue weighted by Crippen LogP contribution is -2.14. The molecular weight excluding hydrogens is 444 g/mol. The van der Waals surface area contributed by atoms with Crippen LogP contribution in [0.15, 0.2) is 97.1 Å². The van der Waals surface area contributed by atoms with E-state index in [-0.39, 0.29) is 5.41 Å². The van der Waals surface area contributed by atoms with Gasteiger partial charge in [0.2, 0.25) is 0 Å². The van der Waals surface area contributed by atoms with Crippen LogP contribution in [0.25, 0.3) is 59.1 Å². The summed E-state index contributed by atoms with van der Waals surface area (Å²) in [6, 6.07) is 35.5. The summed E-state index contributed by atoms with van der Waals surface area (Å²) in [7, 11) is 0. The second kappa shape index (κ2) is 6.59. The maximum atomic E-state index is 5.08. The molecule has 0 unspecified atom stereocenters. The molecule has 1 aliphatic carbocycles. The Labute approximate surface area is 207 Å². The molecule has 0 saturated heterocycles. The van der Waals surface area contributed by atoms with E-state index in [2.05, 4.69) is 115 Å². The van der Waals surface area contributed by atoms with Crippen LogP contribution in [0.1, 0.15) is 25.0 Å². The molecule has 0 amide bonds. The van der Waals surface area contributed by atoms with Gasteiger partial charge in [0.15, 0.2) is 5.13 Å². The van der Waals surface area contributed by atoms with Gasteiger partial charge in [0.05, 0.1) is 21.3 Å². The number of hydrogen-bond acceptors (Lipinski definition) is 2. The van der Waals surface area contributed by atoms with E-state index in [9.17, 15) is 0 Å². The number of aromatic nitrogens is 2. The van der Waals surface area contributed by atoms with Crippen molar-refractivity contribution in [3.8, 4) is 16.3 Å². The van der Waals surface area contributed by atoms with E-state index >= 15 is 0 Å². The summed E-state index contributed by atoms with van der Waals surface area (Å²) in [4.78, 5) is 5.08. The average molecular weight is 467 g/mol. The normalized spacial score (nSPS) is 14.2. The van der Waals surface area contributed by atoms with Crippen molar-refractivity contribution in [2.75, 3.05) is 0 Å². The molecule has 0 N–H and O–H groups in total. The smallest absolute Gasteiger partial charge is 0.195 e. The molecule has 166 valence electrons. The second-order valence-electron chi connectivity index (χ2n) is 10.1. The highest BCUT2D eigenvalue weighted by Gasteiger charge is 2.35. The van der Waals surface area contributed by atoms with Crippen molar-refractivity contribution in [2.24, 2.45) is 0 Å². The minimum Gasteiger partial charge on any atom is -0.285 e. The first kappa shape index (κ1) is 19.4. The first-order valence-corrected chi connectivity index (χ1v) is 12.9. The fourth-order valence-corrected chi connectivity index (χ4v) is 7.12. The Morgan fingerprint density at radius 3 is 2.40 bits per heavy atom. The largest absolute Gasteiger partial charge is 0.285 e. The lowest BCUT2D eigenvalue weighted by molar-refractivity contribution is 0.661. The predicted octanol–water partition coefficient (Wildman–Crippen LogP) is 8.85. The first-order chi connectivity index (χ1) is 17.1. The fourth-order valence-electron chi connectivity index (χ4n) is 6.13. The summed E-state index contributed by atoms with van der Waals surface area (Å²) in [5.74, 6) is 0. The van der Waals surface area contributed by atoms with E-state index in [0.717, 1.165) is 10.6 Å². The minimum absolute atomic E-state index is 0.0327. The maximum Gasteiger partial charge on any atom is 0.195 e. The molecule has 0 aliphatic heterocycles. The Balaban J connectivity index is 1.54. The zero-order valence-corrected chi connectivity index (χ0v) is 20.4. The number of para-hydroxylation sites is 2. The predicted molar refractivity (Wildman–Crippen MR) is 149 cm³/mol. The first-order valence-electron chi connectivity index (χ1n) is 12.1. The molecule has 8 rings (SSSR count). The number of thiazole rings is 1. The Kier molecular flexibility index (Phi) is 3.64. The summed E-state index contributed by atoms with van der Waals surface area (Å²) < 4.78 is 3.60. The fraction of sp³-hybridized carbons (Fsp3) is 0.0938. The van der Waals surface area contributed by atoms with Gasteiger partial charge in [0.25, 0.3) is 0 Å². The maximum absolute atomic E-state index is 5.08. The van der Waals surface area contributed by atoms with Gasteiger partial charge in [0.1, 0.15) is 0 Å². The van der Waals surface area contributed by atoms with Crippen LogP contribution in [0, 0.1) is 0 Å². The molecule has 2 heterocycles. The third-order valence-corrected chi connectivity index (χ3v) is 8.85. The highest BCUT2D eigenvalue weighted by atomic mass is 32.1. The molecule has 3 heteroatoms. The second-order valence-corrected chi connectivity index (χ2v) is 11.1. The van der Waals surface area contributed by atoms with Crippen LogP contribution in [-0.4, -0.2) is 9.55 Å². The molecule has 0 atom stereocenters. The van der Waals surface area contributed by atoms with Gasteiger partial charge in [0, 0.05) is 21.6 Å². The van der Waals surface area contributed by atoms with Gasteiger partial charge in [-0.25, -0.2) is 4.98 Å². The molecule has 0 spiro atoms. The summed E-state index contributed by atoms with van der Waals surface area (Å²) in [5.41, 5.74) is 9.01. The van der Waals surface area contributed by atoms with Crippen molar-refractivity contribution in [1.82, 2.24) is 9.55 Å². The molecule has 5 aromatic carbocycles. The van der Waals surface area contributed by atoms with Crippen LogP contribution in [0.4, 0.5) is 0 Å². The molecule has 0 fully saturated rings. The molecule has 2 nitrogen and oxygen atoms in total. The number of benzene rings is 5. The summed E-state index contributed by atoms with van der Waals surface area (Å²) in [6.45, 7) is 4.71. The number of hydrogen-bond donors (Lipinski definition) is 0. The lowest BCUT2D eigenvalue weighted by Gasteiger charge is -2.22. The highest BCUT2D eigenvalue weighted by molar-refractivity contribution is 7.20. The lowest BCUT2D eigenvalue weighted by atomic mass is 9.82. The van der Waals surface area contributed by atoms with Gasteiger partial charge >= 0.3 is 0 Å². The van der Waals surface area contributed by atoms with Gasteiger partial charge in [-0.15, -0.1) is 0 Å². The monoisotopic (exact) mass is 466 g/mol. The van der Waals surface area contributed by atoms with Gasteiger partial charge in [-0.2, -0.15) is 0 Å². The van der Waals surface area contributed by atoms with Crippen molar-refractivity contribution in [2.45, 2.75) is 19.3 Å². The van der Waals surface area contributed by atoms with E-state index in [4.69, 9.17) is 4.98 Å². The minimum atomic E-state index is -0.0327. The summed E-state index contributed by atoms with van der Waals surface area (Å²) in [6.07, 6.45) is 0. The molecule has 0 bridgehead atoms. The van der Waals surface area contributed by atoms with Crippen LogP contribution in [0.3, 0.4) is 0 Å². The quantitative estimate of drug-likeness (QED) is 0.236. The van der Waals surface area contributed by atoms with Crippen molar-refractivity contribution >= 4 is 54.1 Å². The van der Waals surface area contributed by atoms with Gasteiger partial charge < -0.3 is 0 Å². The number of fused-ring (bicyclic) bond motifs is 9. The van der Waals surface area contributed by atoms with E-state index in [1.165, 1.54) is 59.5 Å². The molecule has 1 aliphatic rings. The average Bonchev–Trinajstić information content (AvgIpc) is 3.52. The van der Waals surface area contributed by atoms with Crippen LogP contribution in [0.2, 0.25) is 0 Å². The Morgan fingerprint density at radius 2 is 1.49 bits per heavy atom. The Morgan fingerprint density at radius 1 is 0.686 bits per heavy atom. The van der Waals surface area contributed by atoms with Crippen LogP contribution in [0.5, 0.6) is 0 Å². The number of nitrogens with zero attached hydrogens (tertiary/aromatic N) is 2. The molecule has 0 saturated carbocycles. The van der Waals surface area contributed by atoms with Crippen molar-refractivity contribution in [3.05, 3.63) is 108 Å². The van der Waals surface area contributed by atoms with Crippen LogP contribution >= 0.6 is 11.3 Å².